The molecule has 1 heterocycles. The van der Waals surface area contributed by atoms with Gasteiger partial charge in [0.15, 0.2) is 0 Å². The normalized spacial score (nSPS) is 18.7. The lowest BCUT2D eigenvalue weighted by molar-refractivity contribution is -0.132. The van der Waals surface area contributed by atoms with Gasteiger partial charge in [0.1, 0.15) is 0 Å². The Morgan fingerprint density at radius 1 is 1.30 bits per heavy atom. The van der Waals surface area contributed by atoms with E-state index in [-0.39, 0.29) is 17.7 Å². The summed E-state index contributed by atoms with van der Waals surface area (Å²) in [5.41, 5.74) is 2.08. The number of likely N-dealkylation sites (tertiary alicyclic amines) is 1. The smallest absolute Gasteiger partial charge is 0.229 e. The van der Waals surface area contributed by atoms with Crippen molar-refractivity contribution in [2.24, 2.45) is 5.92 Å². The van der Waals surface area contributed by atoms with Crippen molar-refractivity contribution in [3.8, 4) is 0 Å². The fourth-order valence-electron chi connectivity index (χ4n) is 2.55. The van der Waals surface area contributed by atoms with Crippen LogP contribution in [0.2, 0.25) is 0 Å². The molecule has 1 aromatic rings. The third-order valence-electron chi connectivity index (χ3n) is 3.87. The van der Waals surface area contributed by atoms with Crippen LogP contribution in [0.1, 0.15) is 32.3 Å². The highest BCUT2D eigenvalue weighted by Crippen LogP contribution is 2.19. The molecule has 2 rings (SSSR count). The first-order chi connectivity index (χ1) is 9.60. The van der Waals surface area contributed by atoms with Crippen LogP contribution in [-0.2, 0) is 16.0 Å². The molecule has 0 spiro atoms. The summed E-state index contributed by atoms with van der Waals surface area (Å²) in [5, 5.41) is 2.95. The van der Waals surface area contributed by atoms with Crippen molar-refractivity contribution in [1.82, 2.24) is 4.90 Å². The number of rotatable bonds is 3. The van der Waals surface area contributed by atoms with Crippen LogP contribution < -0.4 is 5.32 Å². The van der Waals surface area contributed by atoms with Gasteiger partial charge in [-0.1, -0.05) is 19.1 Å². The number of anilines is 1. The van der Waals surface area contributed by atoms with E-state index in [1.54, 1.807) is 11.8 Å². The number of carbonyl (C=O) groups is 2. The fourth-order valence-corrected chi connectivity index (χ4v) is 2.55. The summed E-state index contributed by atoms with van der Waals surface area (Å²) in [6.45, 7) is 4.97. The van der Waals surface area contributed by atoms with Crippen LogP contribution in [-0.4, -0.2) is 29.8 Å². The Kier molecular flexibility index (Phi) is 4.77. The number of hydrogen-bond acceptors (Lipinski definition) is 2. The summed E-state index contributed by atoms with van der Waals surface area (Å²) in [7, 11) is 0. The van der Waals surface area contributed by atoms with E-state index in [1.807, 2.05) is 24.3 Å². The Morgan fingerprint density at radius 3 is 2.60 bits per heavy atom. The van der Waals surface area contributed by atoms with Crippen LogP contribution in [0.15, 0.2) is 24.3 Å². The Morgan fingerprint density at radius 2 is 2.00 bits per heavy atom. The van der Waals surface area contributed by atoms with E-state index in [2.05, 4.69) is 12.2 Å². The highest BCUT2D eigenvalue weighted by molar-refractivity contribution is 5.93. The molecule has 1 N–H and O–H groups in total. The third-order valence-corrected chi connectivity index (χ3v) is 3.87. The van der Waals surface area contributed by atoms with Gasteiger partial charge in [-0.05, 0) is 37.0 Å². The lowest BCUT2D eigenvalue weighted by atomic mass is 9.97. The third kappa shape index (κ3) is 3.59. The molecule has 1 aliphatic heterocycles. The zero-order valence-electron chi connectivity index (χ0n) is 12.2. The number of piperidine rings is 1. The number of nitrogens with zero attached hydrogens (tertiary/aromatic N) is 1. The molecule has 0 saturated carbocycles. The highest BCUT2D eigenvalue weighted by Gasteiger charge is 2.26. The van der Waals surface area contributed by atoms with Gasteiger partial charge in [0, 0.05) is 25.7 Å². The molecule has 1 fully saturated rings. The SMILES string of the molecule is CCc1ccc(NC(=O)[C@H]2CCCN(C(C)=O)C2)cc1. The molecule has 1 atom stereocenters. The molecular formula is C16H22N2O2. The maximum Gasteiger partial charge on any atom is 0.229 e. The summed E-state index contributed by atoms with van der Waals surface area (Å²) < 4.78 is 0. The van der Waals surface area contributed by atoms with Crippen LogP contribution in [0.5, 0.6) is 0 Å². The number of nitrogens with one attached hydrogen (secondary N) is 1. The minimum Gasteiger partial charge on any atom is -0.342 e. The van der Waals surface area contributed by atoms with Crippen LogP contribution >= 0.6 is 0 Å². The van der Waals surface area contributed by atoms with Gasteiger partial charge in [-0.15, -0.1) is 0 Å². The van der Waals surface area contributed by atoms with Gasteiger partial charge in [-0.3, -0.25) is 9.59 Å². The molecule has 0 radical (unpaired) electrons. The van der Waals surface area contributed by atoms with Crippen molar-refractivity contribution in [2.45, 2.75) is 33.1 Å². The van der Waals surface area contributed by atoms with E-state index in [0.717, 1.165) is 31.5 Å². The molecule has 1 aromatic carbocycles. The predicted molar refractivity (Wildman–Crippen MR) is 79.4 cm³/mol. The molecule has 4 heteroatoms. The second kappa shape index (κ2) is 6.55. The van der Waals surface area contributed by atoms with Gasteiger partial charge in [0.25, 0.3) is 0 Å². The van der Waals surface area contributed by atoms with Gasteiger partial charge in [0.05, 0.1) is 5.92 Å². The minimum atomic E-state index is -0.0986. The topological polar surface area (TPSA) is 49.4 Å². The van der Waals surface area contributed by atoms with E-state index < -0.39 is 0 Å². The lowest BCUT2D eigenvalue weighted by Crippen LogP contribution is -2.42. The van der Waals surface area contributed by atoms with Gasteiger partial charge >= 0.3 is 0 Å². The van der Waals surface area contributed by atoms with Crippen molar-refractivity contribution in [3.63, 3.8) is 0 Å². The maximum absolute atomic E-state index is 12.2. The van der Waals surface area contributed by atoms with E-state index in [1.165, 1.54) is 5.56 Å². The lowest BCUT2D eigenvalue weighted by Gasteiger charge is -2.31. The largest absolute Gasteiger partial charge is 0.342 e. The number of hydrogen-bond donors (Lipinski definition) is 1. The molecule has 0 bridgehead atoms. The Labute approximate surface area is 120 Å². The van der Waals surface area contributed by atoms with Crippen LogP contribution in [0.3, 0.4) is 0 Å². The van der Waals surface area contributed by atoms with Gasteiger partial charge in [-0.2, -0.15) is 0 Å². The molecule has 20 heavy (non-hydrogen) atoms. The van der Waals surface area contributed by atoms with E-state index in [9.17, 15) is 9.59 Å². The monoisotopic (exact) mass is 274 g/mol. The van der Waals surface area contributed by atoms with Crippen molar-refractivity contribution in [2.75, 3.05) is 18.4 Å². The average Bonchev–Trinajstić information content (AvgIpc) is 2.48. The molecule has 1 saturated heterocycles. The Balaban J connectivity index is 1.95. The van der Waals surface area contributed by atoms with E-state index in [4.69, 9.17) is 0 Å². The van der Waals surface area contributed by atoms with E-state index in [0.29, 0.717) is 6.54 Å². The van der Waals surface area contributed by atoms with Gasteiger partial charge < -0.3 is 10.2 Å². The maximum atomic E-state index is 12.2. The summed E-state index contributed by atoms with van der Waals surface area (Å²) in [6.07, 6.45) is 2.74. The second-order valence-electron chi connectivity index (χ2n) is 5.34. The molecule has 0 aromatic heterocycles. The van der Waals surface area contributed by atoms with Crippen LogP contribution in [0.4, 0.5) is 5.69 Å². The zero-order valence-corrected chi connectivity index (χ0v) is 12.2. The standard InChI is InChI=1S/C16H22N2O2/c1-3-13-6-8-15(9-7-13)17-16(20)14-5-4-10-18(11-14)12(2)19/h6-9,14H,3-5,10-11H2,1-2H3,(H,17,20)/t14-/m0/s1. The Hall–Kier alpha value is -1.84. The number of benzene rings is 1. The quantitative estimate of drug-likeness (QED) is 0.920. The van der Waals surface area contributed by atoms with Gasteiger partial charge in [0.2, 0.25) is 11.8 Å². The number of amides is 2. The first kappa shape index (κ1) is 14.6. The molecule has 1 aliphatic rings. The molecule has 0 aliphatic carbocycles. The van der Waals surface area contributed by atoms with Crippen molar-refractivity contribution >= 4 is 17.5 Å². The number of carbonyl (C=O) groups excluding carboxylic acids is 2. The molecule has 2 amide bonds. The van der Waals surface area contributed by atoms with Crippen molar-refractivity contribution in [3.05, 3.63) is 29.8 Å². The molecule has 0 unspecified atom stereocenters. The first-order valence-corrected chi connectivity index (χ1v) is 7.25. The second-order valence-corrected chi connectivity index (χ2v) is 5.34. The summed E-state index contributed by atoms with van der Waals surface area (Å²) >= 11 is 0. The summed E-state index contributed by atoms with van der Waals surface area (Å²) in [5.74, 6) is -0.0338. The fraction of sp³-hybridized carbons (Fsp3) is 0.500. The van der Waals surface area contributed by atoms with Gasteiger partial charge in [-0.25, -0.2) is 0 Å². The summed E-state index contributed by atoms with van der Waals surface area (Å²) in [4.78, 5) is 25.4. The predicted octanol–water partition coefficient (Wildman–Crippen LogP) is 2.45. The van der Waals surface area contributed by atoms with E-state index >= 15 is 0 Å². The van der Waals surface area contributed by atoms with Crippen LogP contribution in [0.25, 0.3) is 0 Å². The summed E-state index contributed by atoms with van der Waals surface area (Å²) in [6, 6.07) is 7.92. The first-order valence-electron chi connectivity index (χ1n) is 7.25. The zero-order chi connectivity index (χ0) is 14.5. The molecule has 108 valence electrons. The minimum absolute atomic E-state index is 0.0141. The molecule has 4 nitrogen and oxygen atoms in total. The van der Waals surface area contributed by atoms with Crippen LogP contribution in [0, 0.1) is 5.92 Å². The average molecular weight is 274 g/mol. The molecular weight excluding hydrogens is 252 g/mol. The number of aryl methyl sites for hydroxylation is 1. The van der Waals surface area contributed by atoms with Crippen molar-refractivity contribution in [1.29, 1.82) is 0 Å². The Bertz CT molecular complexity index is 482. The van der Waals surface area contributed by atoms with Crippen molar-refractivity contribution < 1.29 is 9.59 Å². The highest BCUT2D eigenvalue weighted by atomic mass is 16.2.